The highest BCUT2D eigenvalue weighted by Crippen LogP contribution is 2.45. The summed E-state index contributed by atoms with van der Waals surface area (Å²) in [5, 5.41) is 9.47. The maximum atomic E-state index is 13.0. The lowest BCUT2D eigenvalue weighted by molar-refractivity contribution is 0.0687. The van der Waals surface area contributed by atoms with E-state index >= 15 is 0 Å². The van der Waals surface area contributed by atoms with Crippen LogP contribution in [0.5, 0.6) is 0 Å². The fraction of sp³-hybridized carbons (Fsp3) is 0.625. The van der Waals surface area contributed by atoms with Crippen molar-refractivity contribution in [2.75, 3.05) is 13.1 Å². The lowest BCUT2D eigenvalue weighted by Gasteiger charge is -2.39. The second-order valence-electron chi connectivity index (χ2n) is 9.74. The number of carboxylic acids is 1. The third-order valence-corrected chi connectivity index (χ3v) is 8.00. The van der Waals surface area contributed by atoms with E-state index in [-0.39, 0.29) is 11.7 Å². The van der Waals surface area contributed by atoms with E-state index in [9.17, 15) is 14.7 Å². The minimum absolute atomic E-state index is 0.0296. The van der Waals surface area contributed by atoms with Gasteiger partial charge in [0.1, 0.15) is 0 Å². The first-order chi connectivity index (χ1) is 14.5. The van der Waals surface area contributed by atoms with Gasteiger partial charge in [-0.1, -0.05) is 19.1 Å². The Morgan fingerprint density at radius 2 is 1.80 bits per heavy atom. The number of carboxylic acid groups (broad SMARTS) is 1. The minimum atomic E-state index is -1.25. The van der Waals surface area contributed by atoms with E-state index in [2.05, 4.69) is 16.8 Å². The molecule has 3 fully saturated rings. The van der Waals surface area contributed by atoms with Crippen LogP contribution in [0.1, 0.15) is 68.4 Å². The number of para-hydroxylation sites is 2. The fourth-order valence-corrected chi connectivity index (χ4v) is 6.48. The van der Waals surface area contributed by atoms with E-state index in [1.54, 1.807) is 10.6 Å². The van der Waals surface area contributed by atoms with Crippen LogP contribution in [0.2, 0.25) is 0 Å². The van der Waals surface area contributed by atoms with Crippen LogP contribution in [0, 0.1) is 17.8 Å². The second kappa shape index (κ2) is 7.80. The highest BCUT2D eigenvalue weighted by molar-refractivity contribution is 5.88. The molecule has 1 aromatic carbocycles. The van der Waals surface area contributed by atoms with Gasteiger partial charge in [0.25, 0.3) is 5.56 Å². The zero-order valence-electron chi connectivity index (χ0n) is 17.7. The molecule has 1 N–H and O–H groups in total. The van der Waals surface area contributed by atoms with Gasteiger partial charge in [-0.05, 0) is 74.8 Å². The number of carbonyl (C=O) groups is 1. The van der Waals surface area contributed by atoms with E-state index in [0.29, 0.717) is 11.6 Å². The van der Waals surface area contributed by atoms with E-state index < -0.39 is 11.5 Å². The van der Waals surface area contributed by atoms with Crippen LogP contribution in [0.4, 0.5) is 0 Å². The Balaban J connectivity index is 1.36. The molecular weight excluding hydrogens is 378 g/mol. The highest BCUT2D eigenvalue weighted by atomic mass is 16.4. The van der Waals surface area contributed by atoms with Crippen molar-refractivity contribution >= 4 is 17.0 Å². The number of aromatic carboxylic acids is 1. The third kappa shape index (κ3) is 3.45. The van der Waals surface area contributed by atoms with Crippen molar-refractivity contribution in [1.82, 2.24) is 14.5 Å². The maximum Gasteiger partial charge on any atom is 0.360 e. The predicted molar refractivity (Wildman–Crippen MR) is 116 cm³/mol. The summed E-state index contributed by atoms with van der Waals surface area (Å²) in [6, 6.07) is 8.09. The second-order valence-corrected chi connectivity index (χ2v) is 9.74. The lowest BCUT2D eigenvalue weighted by atomic mass is 9.88. The van der Waals surface area contributed by atoms with E-state index in [1.165, 1.54) is 32.1 Å². The summed E-state index contributed by atoms with van der Waals surface area (Å²) in [7, 11) is 0. The molecule has 2 saturated carbocycles. The van der Waals surface area contributed by atoms with Crippen LogP contribution < -0.4 is 5.56 Å². The van der Waals surface area contributed by atoms with Crippen molar-refractivity contribution < 1.29 is 9.90 Å². The number of hydrogen-bond donors (Lipinski definition) is 1. The fourth-order valence-electron chi connectivity index (χ4n) is 6.48. The Labute approximate surface area is 176 Å². The summed E-state index contributed by atoms with van der Waals surface area (Å²) in [4.78, 5) is 31.3. The van der Waals surface area contributed by atoms with E-state index in [4.69, 9.17) is 0 Å². The first kappa shape index (κ1) is 19.7. The monoisotopic (exact) mass is 409 g/mol. The largest absolute Gasteiger partial charge is 0.476 e. The topological polar surface area (TPSA) is 75.4 Å². The van der Waals surface area contributed by atoms with Gasteiger partial charge in [0.05, 0.1) is 11.0 Å². The number of nitrogens with zero attached hydrogens (tertiary/aromatic N) is 3. The molecule has 30 heavy (non-hydrogen) atoms. The summed E-state index contributed by atoms with van der Waals surface area (Å²) >= 11 is 0. The Hall–Kier alpha value is -2.21. The molecule has 2 aromatic rings. The average Bonchev–Trinajstić information content (AvgIpc) is 2.95. The maximum absolute atomic E-state index is 13.0. The van der Waals surface area contributed by atoms with Crippen LogP contribution >= 0.6 is 0 Å². The van der Waals surface area contributed by atoms with Gasteiger partial charge in [0.2, 0.25) is 5.69 Å². The molecule has 2 heterocycles. The predicted octanol–water partition coefficient (Wildman–Crippen LogP) is 3.95. The van der Waals surface area contributed by atoms with Crippen molar-refractivity contribution in [2.24, 2.45) is 17.8 Å². The van der Waals surface area contributed by atoms with Crippen molar-refractivity contribution in [1.29, 1.82) is 0 Å². The standard InChI is InChI=1S/C24H31N3O3/c1-15-12-16-13-17(15)6-7-19(14-16)26-10-8-18(9-11-26)27-21-5-3-2-4-20(21)25-22(23(27)28)24(29)30/h2-5,15-19H,6-14H2,1H3,(H,29,30)/t15-,16+,17?,19+/m1/s1. The van der Waals surface area contributed by atoms with Gasteiger partial charge in [-0.3, -0.25) is 4.79 Å². The Kier molecular flexibility index (Phi) is 5.13. The van der Waals surface area contributed by atoms with Crippen LogP contribution in [-0.2, 0) is 0 Å². The highest BCUT2D eigenvalue weighted by Gasteiger charge is 2.38. The van der Waals surface area contributed by atoms with E-state index in [1.807, 2.05) is 18.2 Å². The SMILES string of the molecule is C[C@@H]1C[C@H]2CC1CC[C@H](N1CCC(n3c(=O)c(C(=O)O)nc4ccccc43)CC1)C2. The zero-order chi connectivity index (χ0) is 20.8. The number of hydrogen-bond acceptors (Lipinski definition) is 4. The molecule has 6 heteroatoms. The Bertz CT molecular complexity index is 1010. The van der Waals surface area contributed by atoms with Gasteiger partial charge in [-0.25, -0.2) is 9.78 Å². The number of aromatic nitrogens is 2. The first-order valence-electron chi connectivity index (χ1n) is 11.5. The van der Waals surface area contributed by atoms with Crippen molar-refractivity contribution in [3.63, 3.8) is 0 Å². The molecule has 0 amide bonds. The summed E-state index contributed by atoms with van der Waals surface area (Å²) in [5.41, 5.74) is 0.475. The molecule has 3 aliphatic rings. The normalized spacial score (nSPS) is 30.4. The number of fused-ring (bicyclic) bond motifs is 3. The van der Waals surface area contributed by atoms with Gasteiger partial charge in [-0.15, -0.1) is 0 Å². The molecule has 0 radical (unpaired) electrons. The molecule has 1 saturated heterocycles. The summed E-state index contributed by atoms with van der Waals surface area (Å²) in [6.07, 6.45) is 8.57. The Morgan fingerprint density at radius 3 is 2.57 bits per heavy atom. The molecule has 1 unspecified atom stereocenters. The molecule has 2 bridgehead atoms. The summed E-state index contributed by atoms with van der Waals surface area (Å²) < 4.78 is 1.71. The first-order valence-corrected chi connectivity index (χ1v) is 11.5. The van der Waals surface area contributed by atoms with Crippen molar-refractivity contribution in [3.05, 3.63) is 40.3 Å². The van der Waals surface area contributed by atoms with Crippen LogP contribution in [-0.4, -0.2) is 44.7 Å². The molecule has 2 aliphatic carbocycles. The summed E-state index contributed by atoms with van der Waals surface area (Å²) in [5.74, 6) is 1.46. The average molecular weight is 410 g/mol. The quantitative estimate of drug-likeness (QED) is 0.831. The number of benzene rings is 1. The van der Waals surface area contributed by atoms with Gasteiger partial charge in [-0.2, -0.15) is 0 Å². The minimum Gasteiger partial charge on any atom is -0.476 e. The third-order valence-electron chi connectivity index (χ3n) is 8.00. The summed E-state index contributed by atoms with van der Waals surface area (Å²) in [6.45, 7) is 4.39. The van der Waals surface area contributed by atoms with Crippen molar-refractivity contribution in [2.45, 2.75) is 64.0 Å². The number of piperidine rings is 1. The zero-order valence-corrected chi connectivity index (χ0v) is 17.7. The van der Waals surface area contributed by atoms with Gasteiger partial charge in [0.15, 0.2) is 0 Å². The van der Waals surface area contributed by atoms with E-state index in [0.717, 1.165) is 49.2 Å². The molecule has 5 rings (SSSR count). The molecule has 6 nitrogen and oxygen atoms in total. The van der Waals surface area contributed by atoms with Gasteiger partial charge >= 0.3 is 5.97 Å². The van der Waals surface area contributed by atoms with Crippen LogP contribution in [0.25, 0.3) is 11.0 Å². The van der Waals surface area contributed by atoms with Gasteiger partial charge < -0.3 is 14.6 Å². The number of likely N-dealkylation sites (tertiary alicyclic amines) is 1. The molecular formula is C24H31N3O3. The van der Waals surface area contributed by atoms with Crippen molar-refractivity contribution in [3.8, 4) is 0 Å². The van der Waals surface area contributed by atoms with Gasteiger partial charge in [0, 0.05) is 25.2 Å². The molecule has 0 spiro atoms. The van der Waals surface area contributed by atoms with Crippen LogP contribution in [0.3, 0.4) is 0 Å². The smallest absolute Gasteiger partial charge is 0.360 e. The molecule has 1 aliphatic heterocycles. The Morgan fingerprint density at radius 1 is 1.03 bits per heavy atom. The molecule has 160 valence electrons. The molecule has 4 atom stereocenters. The van der Waals surface area contributed by atoms with Crippen LogP contribution in [0.15, 0.2) is 29.1 Å². The number of rotatable bonds is 3. The lowest BCUT2D eigenvalue weighted by Crippen LogP contribution is -2.44. The molecule has 1 aromatic heterocycles.